The molecule has 0 aliphatic carbocycles. The molecular weight excluding hydrogens is 518 g/mol. The van der Waals surface area contributed by atoms with Gasteiger partial charge in [-0.05, 0) is 36.8 Å². The number of allylic oxidation sites excluding steroid dienone is 1. The van der Waals surface area contributed by atoms with E-state index in [-0.39, 0.29) is 24.7 Å². The van der Waals surface area contributed by atoms with Gasteiger partial charge >= 0.3 is 11.9 Å². The molecule has 0 saturated carbocycles. The van der Waals surface area contributed by atoms with Crippen LogP contribution in [-0.2, 0) is 35.3 Å². The molecule has 0 bridgehead atoms. The highest BCUT2D eigenvalue weighted by Gasteiger charge is 2.58. The van der Waals surface area contributed by atoms with Crippen LogP contribution in [0.25, 0.3) is 0 Å². The van der Waals surface area contributed by atoms with Crippen molar-refractivity contribution in [2.45, 2.75) is 37.9 Å². The summed E-state index contributed by atoms with van der Waals surface area (Å²) in [5.41, 5.74) is 0.371. The smallest absolute Gasteiger partial charge is 0.337 e. The minimum Gasteiger partial charge on any atom is -0.484 e. The van der Waals surface area contributed by atoms with E-state index in [2.05, 4.69) is 5.32 Å². The highest BCUT2D eigenvalue weighted by molar-refractivity contribution is 8.03. The van der Waals surface area contributed by atoms with Gasteiger partial charge in [-0.15, -0.1) is 0 Å². The Hall–Kier alpha value is -4.39. The number of nitrogens with zero attached hydrogens (tertiary/aromatic N) is 2. The molecule has 0 aromatic heterocycles. The SMILES string of the molecule is CC(=O)OC1=C(C)S[C@@H]2C(NC(=O)COc3ccccc3)C(=O)N2C1C(=O)OCc1ccc([N+](=O)[O-])cc1. The van der Waals surface area contributed by atoms with Gasteiger partial charge in [0.25, 0.3) is 11.6 Å². The zero-order chi connectivity index (χ0) is 27.4. The number of ether oxygens (including phenoxy) is 3. The number of nitro groups is 1. The second-order valence-corrected chi connectivity index (χ2v) is 9.68. The first kappa shape index (κ1) is 26.7. The fourth-order valence-electron chi connectivity index (χ4n) is 3.91. The van der Waals surface area contributed by atoms with Gasteiger partial charge in [0.05, 0.1) is 4.92 Å². The van der Waals surface area contributed by atoms with Crippen LogP contribution in [0.15, 0.2) is 65.3 Å². The summed E-state index contributed by atoms with van der Waals surface area (Å²) in [5.74, 6) is -2.13. The van der Waals surface area contributed by atoms with Crippen LogP contribution in [0, 0.1) is 10.1 Å². The average Bonchev–Trinajstić information content (AvgIpc) is 2.90. The maximum Gasteiger partial charge on any atom is 0.337 e. The molecule has 13 heteroatoms. The topological polar surface area (TPSA) is 154 Å². The van der Waals surface area contributed by atoms with Gasteiger partial charge in [0.2, 0.25) is 5.91 Å². The number of hydrogen-bond acceptors (Lipinski definition) is 10. The van der Waals surface area contributed by atoms with Crippen molar-refractivity contribution in [2.75, 3.05) is 6.61 Å². The molecule has 2 aliphatic rings. The number of thioether (sulfide) groups is 1. The number of esters is 2. The summed E-state index contributed by atoms with van der Waals surface area (Å²) >= 11 is 1.17. The third-order valence-electron chi connectivity index (χ3n) is 5.69. The maximum absolute atomic E-state index is 13.1. The number of nitro benzene ring substituents is 1. The summed E-state index contributed by atoms with van der Waals surface area (Å²) in [5, 5.41) is 12.8. The molecule has 2 unspecified atom stereocenters. The molecule has 1 saturated heterocycles. The van der Waals surface area contributed by atoms with Crippen molar-refractivity contribution in [1.29, 1.82) is 0 Å². The van der Waals surface area contributed by atoms with E-state index in [0.29, 0.717) is 16.2 Å². The summed E-state index contributed by atoms with van der Waals surface area (Å²) in [7, 11) is 0. The molecule has 1 N–H and O–H groups in total. The molecule has 2 heterocycles. The van der Waals surface area contributed by atoms with Crippen LogP contribution in [0.1, 0.15) is 19.4 Å². The lowest BCUT2D eigenvalue weighted by atomic mass is 10.0. The molecule has 0 radical (unpaired) electrons. The molecule has 38 heavy (non-hydrogen) atoms. The number of non-ortho nitro benzene ring substituents is 1. The van der Waals surface area contributed by atoms with Crippen LogP contribution in [0.2, 0.25) is 0 Å². The number of carbonyl (C=O) groups excluding carboxylic acids is 4. The highest BCUT2D eigenvalue weighted by Crippen LogP contribution is 2.45. The van der Waals surface area contributed by atoms with E-state index in [1.165, 1.54) is 47.9 Å². The zero-order valence-electron chi connectivity index (χ0n) is 20.3. The molecule has 12 nitrogen and oxygen atoms in total. The number of β-lactam (4-membered cyclic amide) rings is 1. The highest BCUT2D eigenvalue weighted by atomic mass is 32.2. The number of hydrogen-bond donors (Lipinski definition) is 1. The lowest BCUT2D eigenvalue weighted by molar-refractivity contribution is -0.384. The van der Waals surface area contributed by atoms with E-state index in [1.54, 1.807) is 31.2 Å². The van der Waals surface area contributed by atoms with Crippen molar-refractivity contribution < 1.29 is 38.3 Å². The van der Waals surface area contributed by atoms with Crippen LogP contribution >= 0.6 is 11.8 Å². The lowest BCUT2D eigenvalue weighted by Gasteiger charge is -2.52. The standard InChI is InChI=1S/C25H23N3O9S/c1-14-22(37-15(2)29)21(25(32)36-12-16-8-10-17(11-9-16)28(33)34)27-23(31)20(24(27)38-14)26-19(30)13-35-18-6-4-3-5-7-18/h3-11,20-21,24H,12-13H2,1-2H3,(H,26,30)/t20?,21?,24-/m1/s1. The number of rotatable bonds is 9. The Morgan fingerprint density at radius 1 is 1.11 bits per heavy atom. The number of nitrogens with one attached hydrogen (secondary N) is 1. The third kappa shape index (κ3) is 5.78. The summed E-state index contributed by atoms with van der Waals surface area (Å²) in [6.45, 7) is 2.27. The van der Waals surface area contributed by atoms with Crippen molar-refractivity contribution in [3.8, 4) is 5.75 Å². The van der Waals surface area contributed by atoms with E-state index >= 15 is 0 Å². The van der Waals surface area contributed by atoms with Crippen molar-refractivity contribution >= 4 is 41.2 Å². The Kier molecular flexibility index (Phi) is 7.96. The number of fused-ring (bicyclic) bond motifs is 1. The van der Waals surface area contributed by atoms with Crippen LogP contribution in [0.5, 0.6) is 5.75 Å². The predicted molar refractivity (Wildman–Crippen MR) is 133 cm³/mol. The molecule has 0 spiro atoms. The van der Waals surface area contributed by atoms with Gasteiger partial charge in [-0.1, -0.05) is 30.0 Å². The van der Waals surface area contributed by atoms with Gasteiger partial charge in [-0.2, -0.15) is 0 Å². The summed E-state index contributed by atoms with van der Waals surface area (Å²) in [6.07, 6.45) is 0. The van der Waals surface area contributed by atoms with Gasteiger partial charge in [0.15, 0.2) is 18.4 Å². The first-order valence-electron chi connectivity index (χ1n) is 11.4. The minimum atomic E-state index is -1.34. The fraction of sp³-hybridized carbons (Fsp3) is 0.280. The summed E-state index contributed by atoms with van der Waals surface area (Å²) in [4.78, 5) is 62.3. The Labute approximate surface area is 221 Å². The minimum absolute atomic E-state index is 0.0296. The van der Waals surface area contributed by atoms with Crippen LogP contribution < -0.4 is 10.1 Å². The van der Waals surface area contributed by atoms with Crippen LogP contribution in [-0.4, -0.2) is 57.6 Å². The molecule has 1 fully saturated rings. The van der Waals surface area contributed by atoms with Crippen molar-refractivity contribution in [2.24, 2.45) is 0 Å². The van der Waals surface area contributed by atoms with Gasteiger partial charge in [0.1, 0.15) is 23.8 Å². The molecule has 2 aliphatic heterocycles. The second-order valence-electron chi connectivity index (χ2n) is 8.35. The molecule has 4 rings (SSSR count). The normalized spacial score (nSPS) is 20.1. The zero-order valence-corrected chi connectivity index (χ0v) is 21.1. The van der Waals surface area contributed by atoms with E-state index in [9.17, 15) is 29.3 Å². The van der Waals surface area contributed by atoms with Gasteiger partial charge < -0.3 is 24.4 Å². The van der Waals surface area contributed by atoms with Crippen LogP contribution in [0.4, 0.5) is 5.69 Å². The molecule has 198 valence electrons. The number of carbonyl (C=O) groups is 4. The van der Waals surface area contributed by atoms with E-state index < -0.39 is 46.1 Å². The Bertz CT molecular complexity index is 1300. The average molecular weight is 542 g/mol. The quantitative estimate of drug-likeness (QED) is 0.216. The lowest BCUT2D eigenvalue weighted by Crippen LogP contribution is -2.74. The largest absolute Gasteiger partial charge is 0.484 e. The Balaban J connectivity index is 1.45. The Morgan fingerprint density at radius 2 is 1.79 bits per heavy atom. The van der Waals surface area contributed by atoms with Gasteiger partial charge in [0, 0.05) is 24.0 Å². The second kappa shape index (κ2) is 11.3. The molecular formula is C25H23N3O9S. The summed E-state index contributed by atoms with van der Waals surface area (Å²) in [6, 6.07) is 11.9. The van der Waals surface area contributed by atoms with Gasteiger partial charge in [-0.25, -0.2) is 4.79 Å². The van der Waals surface area contributed by atoms with Gasteiger partial charge in [-0.3, -0.25) is 24.5 Å². The van der Waals surface area contributed by atoms with E-state index in [4.69, 9.17) is 14.2 Å². The number of amides is 2. The molecule has 3 atom stereocenters. The summed E-state index contributed by atoms with van der Waals surface area (Å²) < 4.78 is 16.1. The molecule has 2 amide bonds. The third-order valence-corrected chi connectivity index (χ3v) is 6.98. The monoisotopic (exact) mass is 541 g/mol. The molecule has 2 aromatic rings. The fourth-order valence-corrected chi connectivity index (χ4v) is 5.20. The first-order valence-corrected chi connectivity index (χ1v) is 12.3. The Morgan fingerprint density at radius 3 is 2.42 bits per heavy atom. The first-order chi connectivity index (χ1) is 18.2. The molecule has 2 aromatic carbocycles. The van der Waals surface area contributed by atoms with E-state index in [0.717, 1.165) is 0 Å². The van der Waals surface area contributed by atoms with Crippen molar-refractivity contribution in [1.82, 2.24) is 10.2 Å². The van der Waals surface area contributed by atoms with Crippen LogP contribution in [0.3, 0.4) is 0 Å². The van der Waals surface area contributed by atoms with Crippen molar-refractivity contribution in [3.63, 3.8) is 0 Å². The maximum atomic E-state index is 13.1. The van der Waals surface area contributed by atoms with E-state index in [1.807, 2.05) is 6.07 Å². The number of para-hydroxylation sites is 1. The van der Waals surface area contributed by atoms with Crippen molar-refractivity contribution in [3.05, 3.63) is 80.9 Å². The predicted octanol–water partition coefficient (Wildman–Crippen LogP) is 2.28. The number of benzene rings is 2.